The van der Waals surface area contributed by atoms with Crippen LogP contribution in [0.3, 0.4) is 0 Å². The summed E-state index contributed by atoms with van der Waals surface area (Å²) < 4.78 is 7.20. The van der Waals surface area contributed by atoms with Crippen LogP contribution in [0.25, 0.3) is 11.4 Å². The summed E-state index contributed by atoms with van der Waals surface area (Å²) in [5.74, 6) is 2.88. The van der Waals surface area contributed by atoms with E-state index < -0.39 is 0 Å². The molecule has 6 nitrogen and oxygen atoms in total. The second-order valence-corrected chi connectivity index (χ2v) is 5.12. The lowest BCUT2D eigenvalue weighted by molar-refractivity contribution is 0.415. The fourth-order valence-electron chi connectivity index (χ4n) is 2.30. The monoisotopic (exact) mass is 259 g/mol. The molecule has 1 aliphatic carbocycles. The molecule has 1 heterocycles. The Morgan fingerprint density at radius 1 is 1.47 bits per heavy atom. The van der Waals surface area contributed by atoms with Crippen LogP contribution >= 0.6 is 0 Å². The van der Waals surface area contributed by atoms with Crippen molar-refractivity contribution in [2.75, 3.05) is 12.8 Å². The van der Waals surface area contributed by atoms with E-state index in [9.17, 15) is 0 Å². The first-order valence-corrected chi connectivity index (χ1v) is 6.39. The summed E-state index contributed by atoms with van der Waals surface area (Å²) in [7, 11) is 1.63. The number of nitrogens with zero attached hydrogens (tertiary/aromatic N) is 4. The van der Waals surface area contributed by atoms with Crippen LogP contribution in [-0.4, -0.2) is 27.3 Å². The molecule has 0 amide bonds. The van der Waals surface area contributed by atoms with Crippen molar-refractivity contribution in [2.45, 2.75) is 19.9 Å². The maximum Gasteiger partial charge on any atom is 0.185 e. The molecule has 1 saturated carbocycles. The van der Waals surface area contributed by atoms with E-state index >= 15 is 0 Å². The Balaban J connectivity index is 1.97. The predicted molar refractivity (Wildman–Crippen MR) is 71.5 cm³/mol. The number of methoxy groups -OCH3 is 1. The lowest BCUT2D eigenvalue weighted by Gasteiger charge is -2.09. The molecule has 1 aromatic heterocycles. The van der Waals surface area contributed by atoms with Gasteiger partial charge in [0, 0.05) is 12.2 Å². The van der Waals surface area contributed by atoms with Gasteiger partial charge in [0.2, 0.25) is 0 Å². The van der Waals surface area contributed by atoms with Gasteiger partial charge in [-0.2, -0.15) is 0 Å². The first-order chi connectivity index (χ1) is 9.19. The lowest BCUT2D eigenvalue weighted by atomic mass is 10.1. The van der Waals surface area contributed by atoms with Crippen LogP contribution in [0, 0.1) is 11.8 Å². The average Bonchev–Trinajstić information content (AvgIpc) is 2.90. The summed E-state index contributed by atoms with van der Waals surface area (Å²) in [4.78, 5) is 0. The van der Waals surface area contributed by atoms with Crippen LogP contribution in [0.5, 0.6) is 5.75 Å². The van der Waals surface area contributed by atoms with E-state index in [2.05, 4.69) is 22.4 Å². The molecule has 0 aliphatic heterocycles. The summed E-state index contributed by atoms with van der Waals surface area (Å²) in [6.45, 7) is 3.09. The number of rotatable bonds is 4. The molecule has 0 spiro atoms. The van der Waals surface area contributed by atoms with Crippen LogP contribution in [0.15, 0.2) is 18.2 Å². The van der Waals surface area contributed by atoms with E-state index in [1.54, 1.807) is 13.2 Å². The van der Waals surface area contributed by atoms with Crippen LogP contribution in [0.2, 0.25) is 0 Å². The molecule has 2 atom stereocenters. The highest BCUT2D eigenvalue weighted by Gasteiger charge is 2.34. The smallest absolute Gasteiger partial charge is 0.185 e. The van der Waals surface area contributed by atoms with Crippen molar-refractivity contribution in [1.29, 1.82) is 0 Å². The minimum Gasteiger partial charge on any atom is -0.496 e. The number of ether oxygens (including phenoxy) is 1. The van der Waals surface area contributed by atoms with Gasteiger partial charge in [-0.1, -0.05) is 6.92 Å². The van der Waals surface area contributed by atoms with E-state index in [0.29, 0.717) is 17.4 Å². The molecule has 100 valence electrons. The number of hydrogen-bond acceptors (Lipinski definition) is 5. The normalized spacial score (nSPS) is 21.4. The van der Waals surface area contributed by atoms with Crippen LogP contribution in [0.1, 0.15) is 13.3 Å². The zero-order valence-electron chi connectivity index (χ0n) is 11.1. The highest BCUT2D eigenvalue weighted by Crippen LogP contribution is 2.40. The summed E-state index contributed by atoms with van der Waals surface area (Å²) in [6.07, 6.45) is 1.24. The molecule has 1 aromatic carbocycles. The van der Waals surface area contributed by atoms with Crippen molar-refractivity contribution >= 4 is 5.69 Å². The Bertz CT molecular complexity index is 594. The molecule has 1 fully saturated rings. The van der Waals surface area contributed by atoms with E-state index in [4.69, 9.17) is 10.5 Å². The maximum absolute atomic E-state index is 5.84. The molecular weight excluding hydrogens is 242 g/mol. The molecule has 0 saturated heterocycles. The third-order valence-corrected chi connectivity index (χ3v) is 3.68. The first kappa shape index (κ1) is 12.0. The SMILES string of the molecule is COc1ccc(N)cc1-c1nnnn1CC1CC1C. The molecule has 0 bridgehead atoms. The first-order valence-electron chi connectivity index (χ1n) is 6.39. The van der Waals surface area contributed by atoms with Crippen molar-refractivity contribution in [2.24, 2.45) is 11.8 Å². The summed E-state index contributed by atoms with van der Waals surface area (Å²) in [6, 6.07) is 5.49. The minimum absolute atomic E-state index is 0.671. The van der Waals surface area contributed by atoms with E-state index in [1.165, 1.54) is 6.42 Å². The molecule has 0 radical (unpaired) electrons. The summed E-state index contributed by atoms with van der Waals surface area (Å²) in [5, 5.41) is 12.0. The van der Waals surface area contributed by atoms with Crippen LogP contribution in [-0.2, 0) is 6.54 Å². The molecule has 2 aromatic rings. The van der Waals surface area contributed by atoms with Gasteiger partial charge in [0.05, 0.1) is 12.7 Å². The summed E-state index contributed by atoms with van der Waals surface area (Å²) in [5.41, 5.74) is 7.35. The van der Waals surface area contributed by atoms with Crippen molar-refractivity contribution in [3.8, 4) is 17.1 Å². The standard InChI is InChI=1S/C13H17N5O/c1-8-5-9(8)7-18-13(15-16-17-18)11-6-10(14)3-4-12(11)19-2/h3-4,6,8-9H,5,7,14H2,1-2H3. The zero-order valence-corrected chi connectivity index (χ0v) is 11.1. The molecule has 19 heavy (non-hydrogen) atoms. The Morgan fingerprint density at radius 3 is 2.95 bits per heavy atom. The molecule has 2 N–H and O–H groups in total. The maximum atomic E-state index is 5.84. The predicted octanol–water partition coefficient (Wildman–Crippen LogP) is 1.59. The van der Waals surface area contributed by atoms with Gasteiger partial charge >= 0.3 is 0 Å². The van der Waals surface area contributed by atoms with Gasteiger partial charge in [-0.3, -0.25) is 0 Å². The minimum atomic E-state index is 0.671. The molecule has 6 heteroatoms. The van der Waals surface area contributed by atoms with E-state index in [0.717, 1.165) is 23.8 Å². The van der Waals surface area contributed by atoms with Crippen LogP contribution < -0.4 is 10.5 Å². The van der Waals surface area contributed by atoms with Crippen LogP contribution in [0.4, 0.5) is 5.69 Å². The van der Waals surface area contributed by atoms with Gasteiger partial charge in [-0.15, -0.1) is 5.10 Å². The number of aromatic nitrogens is 4. The van der Waals surface area contributed by atoms with Crippen molar-refractivity contribution in [3.63, 3.8) is 0 Å². The van der Waals surface area contributed by atoms with Crippen molar-refractivity contribution in [3.05, 3.63) is 18.2 Å². The number of tetrazole rings is 1. The van der Waals surface area contributed by atoms with Gasteiger partial charge in [-0.25, -0.2) is 4.68 Å². The third-order valence-electron chi connectivity index (χ3n) is 3.68. The number of nitrogen functional groups attached to an aromatic ring is 1. The fourth-order valence-corrected chi connectivity index (χ4v) is 2.30. The second-order valence-electron chi connectivity index (χ2n) is 5.12. The Labute approximate surface area is 111 Å². The lowest BCUT2D eigenvalue weighted by Crippen LogP contribution is -2.06. The van der Waals surface area contributed by atoms with Gasteiger partial charge in [0.1, 0.15) is 5.75 Å². The number of anilines is 1. The highest BCUT2D eigenvalue weighted by atomic mass is 16.5. The zero-order chi connectivity index (χ0) is 13.4. The highest BCUT2D eigenvalue weighted by molar-refractivity contribution is 5.68. The molecule has 2 unspecified atom stereocenters. The molecule has 1 aliphatic rings. The Hall–Kier alpha value is -2.11. The Morgan fingerprint density at radius 2 is 2.26 bits per heavy atom. The quantitative estimate of drug-likeness (QED) is 0.843. The van der Waals surface area contributed by atoms with Gasteiger partial charge in [-0.05, 0) is 46.9 Å². The number of hydrogen-bond donors (Lipinski definition) is 1. The van der Waals surface area contributed by atoms with Crippen molar-refractivity contribution in [1.82, 2.24) is 20.2 Å². The van der Waals surface area contributed by atoms with E-state index in [-0.39, 0.29) is 0 Å². The Kier molecular flexibility index (Phi) is 2.85. The topological polar surface area (TPSA) is 78.8 Å². The largest absolute Gasteiger partial charge is 0.496 e. The van der Waals surface area contributed by atoms with Gasteiger partial charge in [0.15, 0.2) is 5.82 Å². The van der Waals surface area contributed by atoms with Crippen molar-refractivity contribution < 1.29 is 4.74 Å². The average molecular weight is 259 g/mol. The fraction of sp³-hybridized carbons (Fsp3) is 0.462. The third kappa shape index (κ3) is 2.25. The number of benzene rings is 1. The molecular formula is C13H17N5O. The summed E-state index contributed by atoms with van der Waals surface area (Å²) >= 11 is 0. The van der Waals surface area contributed by atoms with Gasteiger partial charge < -0.3 is 10.5 Å². The van der Waals surface area contributed by atoms with Gasteiger partial charge in [0.25, 0.3) is 0 Å². The molecule has 3 rings (SSSR count). The van der Waals surface area contributed by atoms with E-state index in [1.807, 2.05) is 16.8 Å². The number of nitrogens with two attached hydrogens (primary N) is 1. The second kappa shape index (κ2) is 4.53.